The minimum atomic E-state index is -0.735. The number of nitrogens with two attached hydrogens (primary N) is 1. The summed E-state index contributed by atoms with van der Waals surface area (Å²) in [6.07, 6.45) is 1.36. The van der Waals surface area contributed by atoms with Gasteiger partial charge in [-0.2, -0.15) is 5.41 Å². The van der Waals surface area contributed by atoms with Crippen molar-refractivity contribution in [1.82, 2.24) is 5.32 Å². The van der Waals surface area contributed by atoms with E-state index < -0.39 is 17.4 Å². The van der Waals surface area contributed by atoms with E-state index in [1.54, 1.807) is 25.3 Å². The quantitative estimate of drug-likeness (QED) is 0.425. The van der Waals surface area contributed by atoms with Crippen molar-refractivity contribution in [3.05, 3.63) is 22.1 Å². The number of hydrogen-bond acceptors (Lipinski definition) is 3. The van der Waals surface area contributed by atoms with Crippen molar-refractivity contribution in [3.8, 4) is 0 Å². The molecule has 1 fully saturated rings. The molecule has 1 aliphatic heterocycles. The number of halogens is 2. The zero-order valence-electron chi connectivity index (χ0n) is 11.7. The van der Waals surface area contributed by atoms with Gasteiger partial charge in [-0.25, -0.2) is 8.97 Å². The Morgan fingerprint density at radius 2 is 2.25 bits per heavy atom. The molecule has 0 saturated carbocycles. The summed E-state index contributed by atoms with van der Waals surface area (Å²) in [5, 5.41) is 21.0. The van der Waals surface area contributed by atoms with Crippen LogP contribution in [0, 0.1) is 11.3 Å². The summed E-state index contributed by atoms with van der Waals surface area (Å²) in [4.78, 5) is 0. The van der Waals surface area contributed by atoms with Crippen LogP contribution in [0.2, 0.25) is 0 Å². The maximum atomic E-state index is 14.3. The lowest BCUT2D eigenvalue weighted by Gasteiger charge is -2.43. The number of nitrogens with one attached hydrogen (secondary N) is 2. The van der Waals surface area contributed by atoms with Gasteiger partial charge in [0.2, 0.25) is 0 Å². The molecular weight excluding hydrogens is 327 g/mol. The summed E-state index contributed by atoms with van der Waals surface area (Å²) in [6.45, 7) is 5.09. The Morgan fingerprint density at radius 3 is 2.75 bits per heavy atom. The molecule has 0 radical (unpaired) electrons. The topological polar surface area (TPSA) is 85.1 Å². The number of rotatable bonds is 1. The highest BCUT2D eigenvalue weighted by Gasteiger charge is 2.49. The van der Waals surface area contributed by atoms with Crippen molar-refractivity contribution in [3.63, 3.8) is 0 Å². The minimum Gasteiger partial charge on any atom is -0.396 e. The van der Waals surface area contributed by atoms with Crippen molar-refractivity contribution in [2.24, 2.45) is 11.7 Å². The first-order chi connectivity index (χ1) is 9.20. The van der Waals surface area contributed by atoms with E-state index in [-0.39, 0.29) is 18.4 Å². The van der Waals surface area contributed by atoms with E-state index >= 15 is 0 Å². The molecule has 7 heteroatoms. The van der Waals surface area contributed by atoms with Gasteiger partial charge < -0.3 is 16.2 Å². The van der Waals surface area contributed by atoms with E-state index in [1.165, 1.54) is 6.08 Å². The van der Waals surface area contributed by atoms with Gasteiger partial charge in [0.15, 0.2) is 5.84 Å². The van der Waals surface area contributed by atoms with Crippen LogP contribution in [-0.2, 0) is 0 Å². The molecule has 0 amide bonds. The fraction of sp³-hybridized carbons (Fsp3) is 0.538. The predicted octanol–water partition coefficient (Wildman–Crippen LogP) is 1.19. The first-order valence-corrected chi connectivity index (χ1v) is 7.13. The van der Waals surface area contributed by atoms with Crippen molar-refractivity contribution < 1.29 is 14.1 Å². The van der Waals surface area contributed by atoms with Crippen molar-refractivity contribution in [1.29, 1.82) is 5.41 Å². The number of aliphatic hydroxyl groups excluding tert-OH is 1. The second-order valence-corrected chi connectivity index (χ2v) is 6.55. The number of fused-ring (bicyclic) bond motifs is 1. The zero-order chi connectivity index (χ0) is 15.2. The van der Waals surface area contributed by atoms with Crippen LogP contribution >= 0.6 is 15.9 Å². The highest BCUT2D eigenvalue weighted by Crippen LogP contribution is 2.38. The Kier molecular flexibility index (Phi) is 3.77. The summed E-state index contributed by atoms with van der Waals surface area (Å²) < 4.78 is 16.4. The molecule has 1 aliphatic carbocycles. The number of piperazine rings is 1. The molecule has 1 saturated heterocycles. The van der Waals surface area contributed by atoms with Gasteiger partial charge in [0.1, 0.15) is 17.4 Å². The van der Waals surface area contributed by atoms with Crippen LogP contribution < -0.4 is 11.1 Å². The molecule has 0 bridgehead atoms. The first kappa shape index (κ1) is 15.2. The Labute approximate surface area is 125 Å². The molecular formula is C13H19BrFN4O+. The van der Waals surface area contributed by atoms with E-state index in [1.807, 2.05) is 0 Å². The summed E-state index contributed by atoms with van der Waals surface area (Å²) in [7, 11) is 0. The SMILES string of the molecule is CC(N)=[N+]1C(=N)C(C)(C)NC2=C(F)C=C(Br)C(CO)C21. The van der Waals surface area contributed by atoms with Crippen LogP contribution in [0.1, 0.15) is 20.8 Å². The standard InChI is InChI=1S/C13H18BrFN4O/c1-6(16)19-11-7(5-20)8(14)4-9(15)10(11)18-13(2,3)12(19)17/h4,7,11,16-18,20H,5H2,1-3H3/p+1. The minimum absolute atomic E-state index is 0.169. The summed E-state index contributed by atoms with van der Waals surface area (Å²) in [5.74, 6) is -0.120. The average molecular weight is 346 g/mol. The Hall–Kier alpha value is -1.21. The largest absolute Gasteiger partial charge is 0.396 e. The fourth-order valence-electron chi connectivity index (χ4n) is 2.66. The van der Waals surface area contributed by atoms with E-state index in [4.69, 9.17) is 11.1 Å². The molecule has 2 atom stereocenters. The fourth-order valence-corrected chi connectivity index (χ4v) is 3.26. The third-order valence-electron chi connectivity index (χ3n) is 3.69. The van der Waals surface area contributed by atoms with Gasteiger partial charge in [0.05, 0.1) is 18.2 Å². The van der Waals surface area contributed by atoms with Crippen LogP contribution in [0.5, 0.6) is 0 Å². The Morgan fingerprint density at radius 1 is 1.65 bits per heavy atom. The lowest BCUT2D eigenvalue weighted by atomic mass is 9.85. The molecule has 2 aliphatic rings. The maximum absolute atomic E-state index is 14.3. The summed E-state index contributed by atoms with van der Waals surface area (Å²) in [6, 6.07) is -0.537. The Bertz CT molecular complexity index is 561. The molecule has 0 aromatic rings. The number of amidine groups is 2. The van der Waals surface area contributed by atoms with Crippen molar-refractivity contribution in [2.75, 3.05) is 6.61 Å². The third kappa shape index (κ3) is 2.18. The Balaban J connectivity index is 2.68. The molecule has 0 spiro atoms. The second-order valence-electron chi connectivity index (χ2n) is 5.63. The first-order valence-electron chi connectivity index (χ1n) is 6.33. The summed E-state index contributed by atoms with van der Waals surface area (Å²) in [5.41, 5.74) is 5.53. The molecule has 5 N–H and O–H groups in total. The van der Waals surface area contributed by atoms with E-state index in [0.717, 1.165) is 0 Å². The predicted molar refractivity (Wildman–Crippen MR) is 79.6 cm³/mol. The molecule has 0 aromatic heterocycles. The second kappa shape index (κ2) is 4.96. The van der Waals surface area contributed by atoms with Crippen molar-refractivity contribution >= 4 is 27.6 Å². The highest BCUT2D eigenvalue weighted by molar-refractivity contribution is 9.11. The van der Waals surface area contributed by atoms with Gasteiger partial charge >= 0.3 is 0 Å². The van der Waals surface area contributed by atoms with E-state index in [0.29, 0.717) is 16.0 Å². The maximum Gasteiger partial charge on any atom is 0.255 e. The van der Waals surface area contributed by atoms with Crippen LogP contribution in [-0.4, -0.2) is 39.5 Å². The summed E-state index contributed by atoms with van der Waals surface area (Å²) >= 11 is 3.29. The lowest BCUT2D eigenvalue weighted by molar-refractivity contribution is -0.469. The molecule has 5 nitrogen and oxygen atoms in total. The van der Waals surface area contributed by atoms with Crippen molar-refractivity contribution in [2.45, 2.75) is 32.4 Å². The van der Waals surface area contributed by atoms with Gasteiger partial charge in [0, 0.05) is 11.4 Å². The van der Waals surface area contributed by atoms with Crippen LogP contribution in [0.25, 0.3) is 0 Å². The van der Waals surface area contributed by atoms with Crippen LogP contribution in [0.3, 0.4) is 0 Å². The molecule has 20 heavy (non-hydrogen) atoms. The number of aliphatic hydroxyl groups is 1. The monoisotopic (exact) mass is 345 g/mol. The lowest BCUT2D eigenvalue weighted by Crippen LogP contribution is -2.64. The normalized spacial score (nSPS) is 31.5. The number of allylic oxidation sites excluding steroid dienone is 2. The molecule has 0 aromatic carbocycles. The van der Waals surface area contributed by atoms with Gasteiger partial charge in [-0.3, -0.25) is 0 Å². The third-order valence-corrected chi connectivity index (χ3v) is 4.50. The zero-order valence-corrected chi connectivity index (χ0v) is 13.3. The molecule has 2 unspecified atom stereocenters. The smallest absolute Gasteiger partial charge is 0.255 e. The van der Waals surface area contributed by atoms with Gasteiger partial charge in [-0.05, 0) is 19.9 Å². The molecule has 2 rings (SSSR count). The van der Waals surface area contributed by atoms with Gasteiger partial charge in [-0.15, -0.1) is 0 Å². The van der Waals surface area contributed by atoms with Gasteiger partial charge in [0.25, 0.3) is 5.84 Å². The van der Waals surface area contributed by atoms with Gasteiger partial charge in [-0.1, -0.05) is 15.9 Å². The highest BCUT2D eigenvalue weighted by atomic mass is 79.9. The van der Waals surface area contributed by atoms with Crippen LogP contribution in [0.4, 0.5) is 4.39 Å². The van der Waals surface area contributed by atoms with Crippen LogP contribution in [0.15, 0.2) is 22.1 Å². The number of nitrogens with zero attached hydrogens (tertiary/aromatic N) is 1. The van der Waals surface area contributed by atoms with E-state index in [2.05, 4.69) is 21.2 Å². The molecule has 110 valence electrons. The number of hydrogen-bond donors (Lipinski definition) is 4. The molecule has 1 heterocycles. The van der Waals surface area contributed by atoms with E-state index in [9.17, 15) is 9.50 Å². The average Bonchev–Trinajstić information content (AvgIpc) is 2.32.